The Hall–Kier alpha value is -2.29. The first-order valence-electron chi connectivity index (χ1n) is 16.2. The van der Waals surface area contributed by atoms with Gasteiger partial charge in [0.05, 0.1) is 54.4 Å². The van der Waals surface area contributed by atoms with Gasteiger partial charge < -0.3 is 28.4 Å². The summed E-state index contributed by atoms with van der Waals surface area (Å²) in [5.41, 5.74) is 0.668. The summed E-state index contributed by atoms with van der Waals surface area (Å²) in [5.74, 6) is 0.119. The highest BCUT2D eigenvalue weighted by molar-refractivity contribution is 5.70. The van der Waals surface area contributed by atoms with E-state index in [0.29, 0.717) is 39.1 Å². The molecule has 7 heteroatoms. The van der Waals surface area contributed by atoms with Gasteiger partial charge in [0.2, 0.25) is 0 Å². The van der Waals surface area contributed by atoms with Gasteiger partial charge in [-0.05, 0) is 57.1 Å². The number of benzene rings is 2. The highest BCUT2D eigenvalue weighted by Crippen LogP contribution is 2.52. The van der Waals surface area contributed by atoms with Crippen LogP contribution in [0.25, 0.3) is 0 Å². The van der Waals surface area contributed by atoms with Gasteiger partial charge in [-0.3, -0.25) is 4.79 Å². The Kier molecular flexibility index (Phi) is 9.01. The second-order valence-corrected chi connectivity index (χ2v) is 13.8. The van der Waals surface area contributed by atoms with Gasteiger partial charge in [-0.1, -0.05) is 67.6 Å². The number of carbonyl (C=O) groups is 1. The fourth-order valence-electron chi connectivity index (χ4n) is 7.60. The maximum absolute atomic E-state index is 12.4. The molecule has 0 spiro atoms. The molecule has 0 aliphatic carbocycles. The van der Waals surface area contributed by atoms with E-state index in [1.807, 2.05) is 36.4 Å². The molecule has 0 radical (unpaired) electrons. The summed E-state index contributed by atoms with van der Waals surface area (Å²) in [7, 11) is 0. The van der Waals surface area contributed by atoms with Crippen molar-refractivity contribution < 1.29 is 33.2 Å². The lowest BCUT2D eigenvalue weighted by atomic mass is 9.73. The fraction of sp³-hybridized carbons (Fsp3) is 0.639. The minimum Gasteiger partial charge on any atom is -0.460 e. The van der Waals surface area contributed by atoms with Crippen LogP contribution in [0.4, 0.5) is 0 Å². The molecule has 0 aromatic heterocycles. The zero-order valence-electron chi connectivity index (χ0n) is 26.2. The topological polar surface area (TPSA) is 72.5 Å². The van der Waals surface area contributed by atoms with Gasteiger partial charge in [0.15, 0.2) is 0 Å². The van der Waals surface area contributed by atoms with E-state index in [2.05, 4.69) is 52.0 Å². The van der Waals surface area contributed by atoms with Crippen molar-refractivity contribution in [3.8, 4) is 0 Å². The first-order valence-corrected chi connectivity index (χ1v) is 16.2. The van der Waals surface area contributed by atoms with Gasteiger partial charge in [0.25, 0.3) is 0 Å². The highest BCUT2D eigenvalue weighted by atomic mass is 16.6. The SMILES string of the molecule is C[C@@H]1CCC(=O)O[C@H]2CC[C@@]3(C)O[C@@]4(C)C[C@@H](OCc5ccccc5)[C@](C)(CCOCc5ccccc5)O[C@@H]4C[C@@H]3O[C@H]12. The molecule has 0 N–H and O–H groups in total. The van der Waals surface area contributed by atoms with Gasteiger partial charge in [0.1, 0.15) is 6.10 Å². The smallest absolute Gasteiger partial charge is 0.306 e. The molecule has 4 heterocycles. The van der Waals surface area contributed by atoms with Crippen molar-refractivity contribution in [1.82, 2.24) is 0 Å². The summed E-state index contributed by atoms with van der Waals surface area (Å²) in [5, 5.41) is 0. The van der Waals surface area contributed by atoms with Crippen molar-refractivity contribution in [2.45, 2.75) is 133 Å². The standard InChI is InChI=1S/C36H48O7/c1-25-15-16-32(37)40-28-17-18-35(3)29(41-33(25)28)21-30-36(4,43-35)22-31(39-24-27-13-9-6-10-14-27)34(2,42-30)19-20-38-23-26-11-7-5-8-12-26/h5-14,25,28-31,33H,15-24H2,1-4H3/t25-,28+,29+,30-,31-,33-,34+,35-,36+/m1/s1. The summed E-state index contributed by atoms with van der Waals surface area (Å²) >= 11 is 0. The quantitative estimate of drug-likeness (QED) is 0.254. The van der Waals surface area contributed by atoms with Crippen LogP contribution in [0.3, 0.4) is 0 Å². The molecule has 4 aliphatic heterocycles. The van der Waals surface area contributed by atoms with Crippen LogP contribution in [-0.2, 0) is 46.4 Å². The molecule has 0 saturated carbocycles. The third kappa shape index (κ3) is 6.71. The molecule has 0 amide bonds. The van der Waals surface area contributed by atoms with Crippen LogP contribution in [0.15, 0.2) is 60.7 Å². The van der Waals surface area contributed by atoms with Gasteiger partial charge in [-0.2, -0.15) is 0 Å². The van der Waals surface area contributed by atoms with Gasteiger partial charge >= 0.3 is 5.97 Å². The molecule has 4 aliphatic rings. The molecule has 2 aromatic carbocycles. The molecule has 0 unspecified atom stereocenters. The second-order valence-electron chi connectivity index (χ2n) is 13.8. The molecule has 0 bridgehead atoms. The summed E-state index contributed by atoms with van der Waals surface area (Å²) in [6.07, 6.45) is 4.00. The molecular formula is C36H48O7. The Bertz CT molecular complexity index is 1220. The molecule has 2 aromatic rings. The van der Waals surface area contributed by atoms with Crippen LogP contribution >= 0.6 is 0 Å². The van der Waals surface area contributed by atoms with Gasteiger partial charge in [0, 0.05) is 32.3 Å². The summed E-state index contributed by atoms with van der Waals surface area (Å²) in [6.45, 7) is 10.3. The third-order valence-corrected chi connectivity index (χ3v) is 10.3. The first-order chi connectivity index (χ1) is 20.7. The molecule has 6 rings (SSSR count). The van der Waals surface area contributed by atoms with Crippen LogP contribution in [0.1, 0.15) is 83.8 Å². The predicted octanol–water partition coefficient (Wildman–Crippen LogP) is 6.55. The lowest BCUT2D eigenvalue weighted by Gasteiger charge is -2.59. The lowest BCUT2D eigenvalue weighted by Crippen LogP contribution is -2.69. The molecule has 7 nitrogen and oxygen atoms in total. The second kappa shape index (κ2) is 12.6. The van der Waals surface area contributed by atoms with Crippen molar-refractivity contribution in [2.24, 2.45) is 5.92 Å². The van der Waals surface area contributed by atoms with Gasteiger partial charge in [-0.15, -0.1) is 0 Å². The van der Waals surface area contributed by atoms with Crippen molar-refractivity contribution >= 4 is 5.97 Å². The maximum Gasteiger partial charge on any atom is 0.306 e. The Balaban J connectivity index is 1.20. The summed E-state index contributed by atoms with van der Waals surface area (Å²) < 4.78 is 39.8. The molecule has 4 fully saturated rings. The Morgan fingerprint density at radius 1 is 0.884 bits per heavy atom. The van der Waals surface area contributed by atoms with Crippen molar-refractivity contribution in [2.75, 3.05) is 6.61 Å². The molecule has 9 atom stereocenters. The van der Waals surface area contributed by atoms with E-state index >= 15 is 0 Å². The first kappa shape index (κ1) is 30.7. The van der Waals surface area contributed by atoms with E-state index in [9.17, 15) is 4.79 Å². The highest BCUT2D eigenvalue weighted by Gasteiger charge is 2.61. The van der Waals surface area contributed by atoms with E-state index in [0.717, 1.165) is 36.8 Å². The zero-order valence-corrected chi connectivity index (χ0v) is 26.2. The van der Waals surface area contributed by atoms with E-state index < -0.39 is 16.8 Å². The summed E-state index contributed by atoms with van der Waals surface area (Å²) in [4.78, 5) is 12.4. The number of fused-ring (bicyclic) bond motifs is 3. The van der Waals surface area contributed by atoms with E-state index in [4.69, 9.17) is 28.4 Å². The third-order valence-electron chi connectivity index (χ3n) is 10.3. The Morgan fingerprint density at radius 2 is 1.58 bits per heavy atom. The monoisotopic (exact) mass is 592 g/mol. The number of rotatable bonds is 8. The number of ether oxygens (including phenoxy) is 6. The number of carbonyl (C=O) groups excluding carboxylic acids is 1. The number of esters is 1. The largest absolute Gasteiger partial charge is 0.460 e. The van der Waals surface area contributed by atoms with Crippen LogP contribution in [-0.4, -0.2) is 59.9 Å². The molecule has 43 heavy (non-hydrogen) atoms. The molecule has 4 saturated heterocycles. The lowest BCUT2D eigenvalue weighted by molar-refractivity contribution is -0.345. The minimum absolute atomic E-state index is 0.119. The van der Waals surface area contributed by atoms with Gasteiger partial charge in [-0.25, -0.2) is 0 Å². The zero-order chi connectivity index (χ0) is 30.1. The van der Waals surface area contributed by atoms with Crippen LogP contribution in [0, 0.1) is 5.92 Å². The average Bonchev–Trinajstić information content (AvgIpc) is 3.21. The van der Waals surface area contributed by atoms with E-state index in [1.165, 1.54) is 0 Å². The van der Waals surface area contributed by atoms with Crippen LogP contribution in [0.5, 0.6) is 0 Å². The predicted molar refractivity (Wildman–Crippen MR) is 162 cm³/mol. The fourth-order valence-corrected chi connectivity index (χ4v) is 7.60. The number of hydrogen-bond acceptors (Lipinski definition) is 7. The van der Waals surface area contributed by atoms with Crippen molar-refractivity contribution in [1.29, 1.82) is 0 Å². The van der Waals surface area contributed by atoms with Crippen molar-refractivity contribution in [3.05, 3.63) is 71.8 Å². The maximum atomic E-state index is 12.4. The molecular weight excluding hydrogens is 544 g/mol. The van der Waals surface area contributed by atoms with Crippen LogP contribution < -0.4 is 0 Å². The minimum atomic E-state index is -0.564. The van der Waals surface area contributed by atoms with Crippen LogP contribution in [0.2, 0.25) is 0 Å². The molecule has 234 valence electrons. The summed E-state index contributed by atoms with van der Waals surface area (Å²) in [6, 6.07) is 20.5. The Morgan fingerprint density at radius 3 is 2.30 bits per heavy atom. The average molecular weight is 593 g/mol. The van der Waals surface area contributed by atoms with E-state index in [1.54, 1.807) is 0 Å². The number of hydrogen-bond donors (Lipinski definition) is 0. The van der Waals surface area contributed by atoms with Crippen molar-refractivity contribution in [3.63, 3.8) is 0 Å². The normalized spacial score (nSPS) is 39.4. The Labute approximate surface area is 256 Å². The van der Waals surface area contributed by atoms with E-state index in [-0.39, 0.29) is 42.4 Å².